The number of ether oxygens (including phenoxy) is 1. The summed E-state index contributed by atoms with van der Waals surface area (Å²) >= 11 is 6.10. The molecule has 0 spiro atoms. The highest BCUT2D eigenvalue weighted by atomic mass is 35.5. The van der Waals surface area contributed by atoms with Gasteiger partial charge < -0.3 is 19.9 Å². The zero-order chi connectivity index (χ0) is 15.5. The monoisotopic (exact) mass is 323 g/mol. The van der Waals surface area contributed by atoms with Gasteiger partial charge in [-0.05, 0) is 37.5 Å². The Bertz CT molecular complexity index is 546. The maximum Gasteiger partial charge on any atom is 0.317 e. The van der Waals surface area contributed by atoms with E-state index in [-0.39, 0.29) is 12.1 Å². The standard InChI is InChI=1S/C16H22ClN3O2/c1-22-15-5-4-12(17)10-14(15)20-9-6-13(11-20)18-16(21)19-7-2-3-8-19/h4-5,10,13H,2-3,6-9,11H2,1H3,(H,18,21). The van der Waals surface area contributed by atoms with Crippen molar-refractivity contribution in [1.82, 2.24) is 10.2 Å². The summed E-state index contributed by atoms with van der Waals surface area (Å²) in [6, 6.07) is 5.88. The summed E-state index contributed by atoms with van der Waals surface area (Å²) in [4.78, 5) is 16.3. The van der Waals surface area contributed by atoms with Gasteiger partial charge in [0.25, 0.3) is 0 Å². The first-order chi connectivity index (χ1) is 10.7. The van der Waals surface area contributed by atoms with Crippen LogP contribution in [-0.2, 0) is 0 Å². The average Bonchev–Trinajstić information content (AvgIpc) is 3.18. The van der Waals surface area contributed by atoms with Crippen LogP contribution in [-0.4, -0.2) is 50.3 Å². The Morgan fingerprint density at radius 1 is 1.32 bits per heavy atom. The van der Waals surface area contributed by atoms with Gasteiger partial charge in [0.1, 0.15) is 5.75 Å². The van der Waals surface area contributed by atoms with E-state index >= 15 is 0 Å². The fourth-order valence-electron chi connectivity index (χ4n) is 3.19. The van der Waals surface area contributed by atoms with Crippen LogP contribution in [0.2, 0.25) is 5.02 Å². The lowest BCUT2D eigenvalue weighted by Crippen LogP contribution is -2.44. The highest BCUT2D eigenvalue weighted by Gasteiger charge is 2.28. The zero-order valence-electron chi connectivity index (χ0n) is 12.8. The summed E-state index contributed by atoms with van der Waals surface area (Å²) in [6.07, 6.45) is 3.17. The number of carbonyl (C=O) groups is 1. The molecule has 2 heterocycles. The number of urea groups is 1. The van der Waals surface area contributed by atoms with Gasteiger partial charge in [0, 0.05) is 37.2 Å². The minimum Gasteiger partial charge on any atom is -0.495 e. The van der Waals surface area contributed by atoms with Crippen LogP contribution in [0.25, 0.3) is 0 Å². The molecule has 3 rings (SSSR count). The van der Waals surface area contributed by atoms with E-state index in [2.05, 4.69) is 10.2 Å². The lowest BCUT2D eigenvalue weighted by Gasteiger charge is -2.23. The molecule has 0 saturated carbocycles. The molecule has 1 atom stereocenters. The van der Waals surface area contributed by atoms with Gasteiger partial charge in [-0.15, -0.1) is 0 Å². The van der Waals surface area contributed by atoms with E-state index < -0.39 is 0 Å². The molecule has 2 aliphatic rings. The SMILES string of the molecule is COc1ccc(Cl)cc1N1CCC(NC(=O)N2CCCC2)C1. The number of amides is 2. The third kappa shape index (κ3) is 3.24. The van der Waals surface area contributed by atoms with Gasteiger partial charge in [-0.1, -0.05) is 11.6 Å². The van der Waals surface area contributed by atoms with E-state index in [1.807, 2.05) is 23.1 Å². The van der Waals surface area contributed by atoms with Crippen LogP contribution in [0.3, 0.4) is 0 Å². The lowest BCUT2D eigenvalue weighted by molar-refractivity contribution is 0.205. The van der Waals surface area contributed by atoms with Gasteiger partial charge in [-0.2, -0.15) is 0 Å². The number of anilines is 1. The minimum absolute atomic E-state index is 0.0717. The number of nitrogens with one attached hydrogen (secondary N) is 1. The van der Waals surface area contributed by atoms with Crippen LogP contribution < -0.4 is 15.0 Å². The number of nitrogens with zero attached hydrogens (tertiary/aromatic N) is 2. The summed E-state index contributed by atoms with van der Waals surface area (Å²) in [6.45, 7) is 3.44. The topological polar surface area (TPSA) is 44.8 Å². The van der Waals surface area contributed by atoms with Crippen molar-refractivity contribution in [1.29, 1.82) is 0 Å². The first-order valence-electron chi connectivity index (χ1n) is 7.81. The van der Waals surface area contributed by atoms with Crippen molar-refractivity contribution >= 4 is 23.3 Å². The smallest absolute Gasteiger partial charge is 0.317 e. The van der Waals surface area contributed by atoms with Crippen LogP contribution in [0.4, 0.5) is 10.5 Å². The van der Waals surface area contributed by atoms with E-state index in [4.69, 9.17) is 16.3 Å². The van der Waals surface area contributed by atoms with Crippen molar-refractivity contribution in [2.24, 2.45) is 0 Å². The van der Waals surface area contributed by atoms with E-state index in [1.54, 1.807) is 7.11 Å². The number of methoxy groups -OCH3 is 1. The van der Waals surface area contributed by atoms with Crippen molar-refractivity contribution in [3.8, 4) is 5.75 Å². The second kappa shape index (κ2) is 6.65. The molecule has 1 unspecified atom stereocenters. The van der Waals surface area contributed by atoms with Gasteiger partial charge in [0.05, 0.1) is 12.8 Å². The molecule has 0 radical (unpaired) electrons. The highest BCUT2D eigenvalue weighted by Crippen LogP contribution is 2.33. The molecule has 2 aliphatic heterocycles. The molecule has 1 aromatic rings. The maximum atomic E-state index is 12.2. The number of likely N-dealkylation sites (tertiary alicyclic amines) is 1. The number of rotatable bonds is 3. The van der Waals surface area contributed by atoms with Gasteiger partial charge >= 0.3 is 6.03 Å². The summed E-state index contributed by atoms with van der Waals surface area (Å²) in [5, 5.41) is 3.84. The molecule has 5 nitrogen and oxygen atoms in total. The van der Waals surface area contributed by atoms with E-state index in [9.17, 15) is 4.79 Å². The maximum absolute atomic E-state index is 12.2. The highest BCUT2D eigenvalue weighted by molar-refractivity contribution is 6.30. The quantitative estimate of drug-likeness (QED) is 0.930. The molecule has 2 saturated heterocycles. The molecule has 0 aromatic heterocycles. The van der Waals surface area contributed by atoms with Crippen LogP contribution in [0.5, 0.6) is 5.75 Å². The predicted molar refractivity (Wildman–Crippen MR) is 88.0 cm³/mol. The van der Waals surface area contributed by atoms with Crippen LogP contribution in [0, 0.1) is 0 Å². The van der Waals surface area contributed by atoms with Crippen molar-refractivity contribution in [3.05, 3.63) is 23.2 Å². The fourth-order valence-corrected chi connectivity index (χ4v) is 3.36. The number of halogens is 1. The molecular formula is C16H22ClN3O2. The van der Waals surface area contributed by atoms with Crippen LogP contribution in [0.15, 0.2) is 18.2 Å². The number of benzene rings is 1. The Kier molecular flexibility index (Phi) is 4.62. The first-order valence-corrected chi connectivity index (χ1v) is 8.19. The number of carbonyl (C=O) groups excluding carboxylic acids is 1. The fraction of sp³-hybridized carbons (Fsp3) is 0.562. The third-order valence-electron chi connectivity index (χ3n) is 4.39. The zero-order valence-corrected chi connectivity index (χ0v) is 13.6. The molecule has 0 aliphatic carbocycles. The largest absolute Gasteiger partial charge is 0.495 e. The second-order valence-corrected chi connectivity index (χ2v) is 6.33. The Balaban J connectivity index is 1.62. The normalized spacial score (nSPS) is 21.3. The molecular weight excluding hydrogens is 302 g/mol. The Labute approximate surface area is 136 Å². The van der Waals surface area contributed by atoms with E-state index in [0.717, 1.165) is 56.9 Å². The molecule has 2 amide bonds. The summed E-state index contributed by atoms with van der Waals surface area (Å²) in [7, 11) is 1.66. The van der Waals surface area contributed by atoms with E-state index in [0.29, 0.717) is 5.02 Å². The molecule has 1 aromatic carbocycles. The van der Waals surface area contributed by atoms with Crippen molar-refractivity contribution in [2.45, 2.75) is 25.3 Å². The average molecular weight is 324 g/mol. The third-order valence-corrected chi connectivity index (χ3v) is 4.63. The Hall–Kier alpha value is -1.62. The predicted octanol–water partition coefficient (Wildman–Crippen LogP) is 2.73. The molecule has 0 bridgehead atoms. The number of hydrogen-bond donors (Lipinski definition) is 1. The Morgan fingerprint density at radius 3 is 2.82 bits per heavy atom. The molecule has 120 valence electrons. The molecule has 1 N–H and O–H groups in total. The van der Waals surface area contributed by atoms with Crippen molar-refractivity contribution in [2.75, 3.05) is 38.2 Å². The van der Waals surface area contributed by atoms with Gasteiger partial charge in [-0.25, -0.2) is 4.79 Å². The van der Waals surface area contributed by atoms with Crippen LogP contribution >= 0.6 is 11.6 Å². The van der Waals surface area contributed by atoms with Crippen LogP contribution in [0.1, 0.15) is 19.3 Å². The lowest BCUT2D eigenvalue weighted by atomic mass is 10.2. The van der Waals surface area contributed by atoms with Gasteiger partial charge in [0.15, 0.2) is 0 Å². The molecule has 2 fully saturated rings. The van der Waals surface area contributed by atoms with E-state index in [1.165, 1.54) is 0 Å². The van der Waals surface area contributed by atoms with Crippen molar-refractivity contribution in [3.63, 3.8) is 0 Å². The Morgan fingerprint density at radius 2 is 2.09 bits per heavy atom. The van der Waals surface area contributed by atoms with Gasteiger partial charge in [-0.3, -0.25) is 0 Å². The molecule has 6 heteroatoms. The second-order valence-electron chi connectivity index (χ2n) is 5.89. The summed E-state index contributed by atoms with van der Waals surface area (Å²) in [5.41, 5.74) is 0.993. The van der Waals surface area contributed by atoms with Gasteiger partial charge in [0.2, 0.25) is 0 Å². The molecule has 22 heavy (non-hydrogen) atoms. The number of hydrogen-bond acceptors (Lipinski definition) is 3. The first kappa shape index (κ1) is 15.3. The summed E-state index contributed by atoms with van der Waals surface area (Å²) in [5.74, 6) is 0.816. The minimum atomic E-state index is 0.0717. The summed E-state index contributed by atoms with van der Waals surface area (Å²) < 4.78 is 5.41. The van der Waals surface area contributed by atoms with Crippen molar-refractivity contribution < 1.29 is 9.53 Å².